The van der Waals surface area contributed by atoms with Crippen LogP contribution in [0.2, 0.25) is 0 Å². The van der Waals surface area contributed by atoms with Crippen LogP contribution in [0, 0.1) is 3.57 Å². The molecule has 0 bridgehead atoms. The van der Waals surface area contributed by atoms with Gasteiger partial charge in [0.25, 0.3) is 20.0 Å². The summed E-state index contributed by atoms with van der Waals surface area (Å²) in [7, 11) is -6.18. The van der Waals surface area contributed by atoms with E-state index in [0.717, 1.165) is 0 Å². The van der Waals surface area contributed by atoms with E-state index >= 15 is 0 Å². The third-order valence-electron chi connectivity index (χ3n) is 3.75. The van der Waals surface area contributed by atoms with Gasteiger partial charge in [-0.05, 0) is 77.2 Å². The highest BCUT2D eigenvalue weighted by Gasteiger charge is 2.18. The smallest absolute Gasteiger partial charge is 0.263 e. The van der Waals surface area contributed by atoms with Gasteiger partial charge in [0.1, 0.15) is 11.6 Å². The largest absolute Gasteiger partial charge is 0.496 e. The maximum Gasteiger partial charge on any atom is 0.263 e. The summed E-state index contributed by atoms with van der Waals surface area (Å²) in [5, 5.41) is 0. The van der Waals surface area contributed by atoms with Gasteiger partial charge in [-0.3, -0.25) is 9.44 Å². The molecule has 0 unspecified atom stereocenters. The molecule has 0 atom stereocenters. The summed E-state index contributed by atoms with van der Waals surface area (Å²) in [4.78, 5) is 3.96. The van der Waals surface area contributed by atoms with E-state index in [2.05, 4.69) is 14.4 Å². The number of halogens is 1. The molecule has 0 saturated carbocycles. The average molecular weight is 545 g/mol. The minimum Gasteiger partial charge on any atom is -0.496 e. The zero-order valence-electron chi connectivity index (χ0n) is 15.0. The summed E-state index contributed by atoms with van der Waals surface area (Å²) in [6.07, 6.45) is 1.47. The standard InChI is InChI=1S/C18H16IN3O5S2/c1-27-17-10-9-15(12-16(17)19)29(25,26)21-13-5-7-14(8-6-13)28(23,24)22-18-4-2-3-11-20-18/h2-12,21H,1H3,(H,20,22). The molecule has 2 aromatic carbocycles. The van der Waals surface area contributed by atoms with Crippen LogP contribution in [0.3, 0.4) is 0 Å². The summed E-state index contributed by atoms with van der Waals surface area (Å²) in [6, 6.07) is 14.7. The van der Waals surface area contributed by atoms with Crippen LogP contribution >= 0.6 is 22.6 Å². The molecule has 0 fully saturated rings. The van der Waals surface area contributed by atoms with Gasteiger partial charge in [-0.2, -0.15) is 0 Å². The van der Waals surface area contributed by atoms with Crippen LogP contribution in [-0.4, -0.2) is 28.9 Å². The molecule has 3 rings (SSSR count). The van der Waals surface area contributed by atoms with Crippen molar-refractivity contribution in [2.24, 2.45) is 0 Å². The summed E-state index contributed by atoms with van der Waals surface area (Å²) < 4.78 is 60.6. The molecule has 0 aliphatic rings. The summed E-state index contributed by atoms with van der Waals surface area (Å²) in [5.41, 5.74) is 0.229. The normalized spacial score (nSPS) is 11.7. The van der Waals surface area contributed by atoms with Gasteiger partial charge in [0.05, 0.1) is 20.5 Å². The fourth-order valence-electron chi connectivity index (χ4n) is 2.35. The summed E-state index contributed by atoms with van der Waals surface area (Å²) in [5.74, 6) is 0.755. The highest BCUT2D eigenvalue weighted by Crippen LogP contribution is 2.25. The van der Waals surface area contributed by atoms with Crippen molar-refractivity contribution >= 4 is 54.1 Å². The van der Waals surface area contributed by atoms with Crippen LogP contribution in [0.15, 0.2) is 76.7 Å². The van der Waals surface area contributed by atoms with Crippen molar-refractivity contribution in [2.45, 2.75) is 9.79 Å². The van der Waals surface area contributed by atoms with E-state index in [-0.39, 0.29) is 21.3 Å². The molecular formula is C18H16IN3O5S2. The molecule has 152 valence electrons. The average Bonchev–Trinajstić information content (AvgIpc) is 2.68. The van der Waals surface area contributed by atoms with Gasteiger partial charge in [-0.15, -0.1) is 0 Å². The molecule has 0 saturated heterocycles. The van der Waals surface area contributed by atoms with Gasteiger partial charge in [-0.25, -0.2) is 21.8 Å². The van der Waals surface area contributed by atoms with E-state index in [4.69, 9.17) is 4.74 Å². The Morgan fingerprint density at radius 2 is 1.52 bits per heavy atom. The lowest BCUT2D eigenvalue weighted by atomic mass is 10.3. The van der Waals surface area contributed by atoms with Gasteiger partial charge >= 0.3 is 0 Å². The number of hydrogen-bond acceptors (Lipinski definition) is 6. The Morgan fingerprint density at radius 1 is 0.862 bits per heavy atom. The van der Waals surface area contributed by atoms with E-state index in [0.29, 0.717) is 9.32 Å². The first-order chi connectivity index (χ1) is 13.7. The molecule has 1 heterocycles. The third kappa shape index (κ3) is 5.16. The number of ether oxygens (including phenoxy) is 1. The zero-order valence-corrected chi connectivity index (χ0v) is 18.8. The Kier molecular flexibility index (Phi) is 6.29. The Hall–Kier alpha value is -2.38. The predicted octanol–water partition coefficient (Wildman–Crippen LogP) is 3.30. The first-order valence-corrected chi connectivity index (χ1v) is 12.2. The van der Waals surface area contributed by atoms with Crippen molar-refractivity contribution in [1.82, 2.24) is 4.98 Å². The van der Waals surface area contributed by atoms with Crippen molar-refractivity contribution in [1.29, 1.82) is 0 Å². The summed E-state index contributed by atoms with van der Waals surface area (Å²) in [6.45, 7) is 0. The Morgan fingerprint density at radius 3 is 2.10 bits per heavy atom. The molecule has 0 radical (unpaired) electrons. The SMILES string of the molecule is COc1ccc(S(=O)(=O)Nc2ccc(S(=O)(=O)Nc3ccccn3)cc2)cc1I. The van der Waals surface area contributed by atoms with Crippen LogP contribution in [0.25, 0.3) is 0 Å². The van der Waals surface area contributed by atoms with Crippen LogP contribution in [0.4, 0.5) is 11.5 Å². The number of anilines is 2. The first-order valence-electron chi connectivity index (χ1n) is 8.11. The molecule has 0 aliphatic heterocycles. The molecule has 2 N–H and O–H groups in total. The van der Waals surface area contributed by atoms with Crippen molar-refractivity contribution < 1.29 is 21.6 Å². The maximum absolute atomic E-state index is 12.6. The number of aromatic nitrogens is 1. The fourth-order valence-corrected chi connectivity index (χ4v) is 5.39. The van der Waals surface area contributed by atoms with Crippen molar-refractivity contribution in [3.05, 3.63) is 70.4 Å². The van der Waals surface area contributed by atoms with Crippen LogP contribution in [-0.2, 0) is 20.0 Å². The highest BCUT2D eigenvalue weighted by atomic mass is 127. The van der Waals surface area contributed by atoms with Gasteiger partial charge in [0.2, 0.25) is 0 Å². The monoisotopic (exact) mass is 545 g/mol. The fraction of sp³-hybridized carbons (Fsp3) is 0.0556. The molecule has 8 nitrogen and oxygen atoms in total. The molecule has 0 spiro atoms. The Bertz CT molecular complexity index is 1220. The third-order valence-corrected chi connectivity index (χ3v) is 7.35. The molecule has 29 heavy (non-hydrogen) atoms. The molecule has 0 aliphatic carbocycles. The second-order valence-corrected chi connectivity index (χ2v) is 10.3. The molecule has 11 heteroatoms. The number of methoxy groups -OCH3 is 1. The quantitative estimate of drug-likeness (QED) is 0.441. The number of rotatable bonds is 7. The minimum absolute atomic E-state index is 0.0231. The lowest BCUT2D eigenvalue weighted by molar-refractivity contribution is 0.411. The number of pyridine rings is 1. The van der Waals surface area contributed by atoms with E-state index in [1.54, 1.807) is 18.2 Å². The van der Waals surface area contributed by atoms with E-state index in [1.807, 2.05) is 22.6 Å². The van der Waals surface area contributed by atoms with Crippen molar-refractivity contribution in [2.75, 3.05) is 16.6 Å². The van der Waals surface area contributed by atoms with Gasteiger partial charge < -0.3 is 4.74 Å². The van der Waals surface area contributed by atoms with Crippen LogP contribution < -0.4 is 14.2 Å². The lowest BCUT2D eigenvalue weighted by Gasteiger charge is -2.11. The number of sulfonamides is 2. The number of nitrogens with one attached hydrogen (secondary N) is 2. The maximum atomic E-state index is 12.6. The molecule has 1 aromatic heterocycles. The topological polar surface area (TPSA) is 114 Å². The van der Waals surface area contributed by atoms with Crippen LogP contribution in [0.5, 0.6) is 5.75 Å². The summed E-state index contributed by atoms with van der Waals surface area (Å²) >= 11 is 1.98. The van der Waals surface area contributed by atoms with Gasteiger partial charge in [-0.1, -0.05) is 6.07 Å². The van der Waals surface area contributed by atoms with Crippen LogP contribution in [0.1, 0.15) is 0 Å². The Balaban J connectivity index is 1.79. The van der Waals surface area contributed by atoms with Gasteiger partial charge in [0.15, 0.2) is 0 Å². The lowest BCUT2D eigenvalue weighted by Crippen LogP contribution is -2.15. The van der Waals surface area contributed by atoms with Crippen molar-refractivity contribution in [3.8, 4) is 5.75 Å². The molecule has 0 amide bonds. The second-order valence-electron chi connectivity index (χ2n) is 5.75. The number of benzene rings is 2. The highest BCUT2D eigenvalue weighted by molar-refractivity contribution is 14.1. The predicted molar refractivity (Wildman–Crippen MR) is 118 cm³/mol. The first kappa shape index (κ1) is 21.3. The molecule has 3 aromatic rings. The van der Waals surface area contributed by atoms with E-state index < -0.39 is 20.0 Å². The zero-order chi connectivity index (χ0) is 21.1. The van der Waals surface area contributed by atoms with E-state index in [1.165, 1.54) is 55.8 Å². The number of nitrogens with zero attached hydrogens (tertiary/aromatic N) is 1. The van der Waals surface area contributed by atoms with E-state index in [9.17, 15) is 16.8 Å². The number of hydrogen-bond donors (Lipinski definition) is 2. The second kappa shape index (κ2) is 8.55. The molecular weight excluding hydrogens is 529 g/mol. The Labute approximate surface area is 182 Å². The van der Waals surface area contributed by atoms with Crippen molar-refractivity contribution in [3.63, 3.8) is 0 Å². The minimum atomic E-state index is -3.84. The van der Waals surface area contributed by atoms with Gasteiger partial charge in [0, 0.05) is 11.9 Å².